The first-order chi connectivity index (χ1) is 12.9. The summed E-state index contributed by atoms with van der Waals surface area (Å²) in [4.78, 5) is 25.9. The highest BCUT2D eigenvalue weighted by molar-refractivity contribution is 6.34. The molecule has 3 rings (SSSR count). The molecule has 2 aromatic rings. The SMILES string of the molecule is C[C@@H]1CCCN1Cc1c(Cl)cc(Cl)c(=O)n1CCc1ccc(C(=O)O)cc1. The number of benzene rings is 1. The van der Waals surface area contributed by atoms with Gasteiger partial charge in [-0.25, -0.2) is 4.79 Å². The number of hydrogen-bond donors (Lipinski definition) is 1. The first kappa shape index (κ1) is 19.9. The minimum Gasteiger partial charge on any atom is -0.478 e. The number of nitrogens with zero attached hydrogens (tertiary/aromatic N) is 2. The van der Waals surface area contributed by atoms with Crippen LogP contribution in [0, 0.1) is 0 Å². The number of carbonyl (C=O) groups is 1. The molecule has 1 aromatic heterocycles. The predicted molar refractivity (Wildman–Crippen MR) is 107 cm³/mol. The number of rotatable bonds is 6. The van der Waals surface area contributed by atoms with Gasteiger partial charge in [-0.2, -0.15) is 0 Å². The third kappa shape index (κ3) is 4.54. The predicted octanol–water partition coefficient (Wildman–Crippen LogP) is 4.08. The van der Waals surface area contributed by atoms with Gasteiger partial charge in [0.05, 0.1) is 16.3 Å². The van der Waals surface area contributed by atoms with Gasteiger partial charge in [-0.05, 0) is 56.5 Å². The molecule has 27 heavy (non-hydrogen) atoms. The first-order valence-corrected chi connectivity index (χ1v) is 9.76. The first-order valence-electron chi connectivity index (χ1n) is 9.01. The van der Waals surface area contributed by atoms with E-state index in [2.05, 4.69) is 11.8 Å². The Morgan fingerprint density at radius 3 is 2.52 bits per heavy atom. The van der Waals surface area contributed by atoms with Crippen LogP contribution in [0.3, 0.4) is 0 Å². The molecule has 0 radical (unpaired) electrons. The minimum absolute atomic E-state index is 0.111. The van der Waals surface area contributed by atoms with Gasteiger partial charge in [-0.3, -0.25) is 9.69 Å². The summed E-state index contributed by atoms with van der Waals surface area (Å²) in [7, 11) is 0. The van der Waals surface area contributed by atoms with Crippen molar-refractivity contribution in [2.24, 2.45) is 0 Å². The number of halogens is 2. The molecule has 0 amide bonds. The third-order valence-electron chi connectivity index (χ3n) is 5.17. The van der Waals surface area contributed by atoms with E-state index in [0.717, 1.165) is 30.6 Å². The van der Waals surface area contributed by atoms with Gasteiger partial charge in [-0.1, -0.05) is 35.3 Å². The Bertz CT molecular complexity index is 893. The van der Waals surface area contributed by atoms with Gasteiger partial charge in [0.1, 0.15) is 5.02 Å². The topological polar surface area (TPSA) is 62.5 Å². The molecule has 0 bridgehead atoms. The van der Waals surface area contributed by atoms with Crippen LogP contribution in [0.5, 0.6) is 0 Å². The zero-order chi connectivity index (χ0) is 19.6. The average Bonchev–Trinajstić information content (AvgIpc) is 3.04. The quantitative estimate of drug-likeness (QED) is 0.781. The molecule has 1 N–H and O–H groups in total. The number of aryl methyl sites for hydroxylation is 1. The van der Waals surface area contributed by atoms with Gasteiger partial charge < -0.3 is 9.67 Å². The molecule has 1 aliphatic rings. The number of carboxylic acids is 1. The van der Waals surface area contributed by atoms with Gasteiger partial charge in [0.2, 0.25) is 0 Å². The Labute approximate surface area is 168 Å². The fourth-order valence-electron chi connectivity index (χ4n) is 3.51. The zero-order valence-electron chi connectivity index (χ0n) is 15.1. The number of likely N-dealkylation sites (tertiary alicyclic amines) is 1. The second-order valence-electron chi connectivity index (χ2n) is 6.96. The molecule has 0 saturated carbocycles. The number of aromatic carboxylic acids is 1. The third-order valence-corrected chi connectivity index (χ3v) is 5.77. The van der Waals surface area contributed by atoms with Crippen molar-refractivity contribution in [3.63, 3.8) is 0 Å². The zero-order valence-corrected chi connectivity index (χ0v) is 16.6. The van der Waals surface area contributed by atoms with Crippen LogP contribution >= 0.6 is 23.2 Å². The van der Waals surface area contributed by atoms with Gasteiger partial charge >= 0.3 is 5.97 Å². The van der Waals surface area contributed by atoms with E-state index in [9.17, 15) is 9.59 Å². The highest BCUT2D eigenvalue weighted by Gasteiger charge is 2.23. The fourth-order valence-corrected chi connectivity index (χ4v) is 4.05. The minimum atomic E-state index is -0.957. The summed E-state index contributed by atoms with van der Waals surface area (Å²) < 4.78 is 1.65. The Kier molecular flexibility index (Phi) is 6.25. The highest BCUT2D eigenvalue weighted by Crippen LogP contribution is 2.24. The molecular weight excluding hydrogens is 387 g/mol. The largest absolute Gasteiger partial charge is 0.478 e. The van der Waals surface area contributed by atoms with Crippen molar-refractivity contribution in [3.8, 4) is 0 Å². The van der Waals surface area contributed by atoms with Crippen molar-refractivity contribution >= 4 is 29.2 Å². The molecule has 2 heterocycles. The van der Waals surface area contributed by atoms with Gasteiger partial charge in [0.25, 0.3) is 5.56 Å². The summed E-state index contributed by atoms with van der Waals surface area (Å²) in [5.74, 6) is -0.957. The second-order valence-corrected chi connectivity index (χ2v) is 7.77. The Hall–Kier alpha value is -1.82. The maximum atomic E-state index is 12.6. The summed E-state index contributed by atoms with van der Waals surface area (Å²) >= 11 is 12.5. The normalized spacial score (nSPS) is 17.4. The van der Waals surface area contributed by atoms with Crippen molar-refractivity contribution in [1.29, 1.82) is 0 Å². The van der Waals surface area contributed by atoms with E-state index in [1.165, 1.54) is 6.07 Å². The van der Waals surface area contributed by atoms with Crippen LogP contribution in [-0.4, -0.2) is 33.1 Å². The molecule has 144 valence electrons. The van der Waals surface area contributed by atoms with E-state index >= 15 is 0 Å². The van der Waals surface area contributed by atoms with E-state index in [0.29, 0.717) is 30.6 Å². The maximum absolute atomic E-state index is 12.6. The lowest BCUT2D eigenvalue weighted by molar-refractivity contribution is 0.0697. The van der Waals surface area contributed by atoms with Crippen molar-refractivity contribution in [1.82, 2.24) is 9.47 Å². The van der Waals surface area contributed by atoms with E-state index < -0.39 is 5.97 Å². The Morgan fingerprint density at radius 1 is 1.22 bits per heavy atom. The Balaban J connectivity index is 1.84. The molecule has 0 unspecified atom stereocenters. The molecule has 5 nitrogen and oxygen atoms in total. The van der Waals surface area contributed by atoms with Crippen LogP contribution in [-0.2, 0) is 19.5 Å². The van der Waals surface area contributed by atoms with Crippen LogP contribution in [0.2, 0.25) is 10.0 Å². The van der Waals surface area contributed by atoms with Crippen LogP contribution in [0.4, 0.5) is 0 Å². The summed E-state index contributed by atoms with van der Waals surface area (Å²) in [5, 5.41) is 9.61. The van der Waals surface area contributed by atoms with Crippen LogP contribution < -0.4 is 5.56 Å². The van der Waals surface area contributed by atoms with Crippen LogP contribution in [0.1, 0.15) is 41.4 Å². The standard InChI is InChI=1S/C20H22Cl2N2O3/c1-13-3-2-9-23(13)12-18-16(21)11-17(22)19(25)24(18)10-8-14-4-6-15(7-5-14)20(26)27/h4-7,11,13H,2-3,8-10,12H2,1H3,(H,26,27)/t13-/m1/s1. The molecule has 1 aromatic carbocycles. The van der Waals surface area contributed by atoms with Crippen LogP contribution in [0.25, 0.3) is 0 Å². The van der Waals surface area contributed by atoms with Crippen molar-refractivity contribution in [2.75, 3.05) is 6.54 Å². The lowest BCUT2D eigenvalue weighted by Gasteiger charge is -2.24. The van der Waals surface area contributed by atoms with Crippen molar-refractivity contribution < 1.29 is 9.90 Å². The monoisotopic (exact) mass is 408 g/mol. The molecule has 1 saturated heterocycles. The van der Waals surface area contributed by atoms with E-state index in [1.807, 2.05) is 0 Å². The lowest BCUT2D eigenvalue weighted by Crippen LogP contribution is -2.32. The summed E-state index contributed by atoms with van der Waals surface area (Å²) in [6.07, 6.45) is 2.87. The summed E-state index contributed by atoms with van der Waals surface area (Å²) in [6.45, 7) is 4.22. The van der Waals surface area contributed by atoms with Crippen molar-refractivity contribution in [3.05, 3.63) is 67.6 Å². The van der Waals surface area contributed by atoms with E-state index in [1.54, 1.807) is 28.8 Å². The lowest BCUT2D eigenvalue weighted by atomic mass is 10.1. The average molecular weight is 409 g/mol. The number of aromatic nitrogens is 1. The molecule has 1 atom stereocenters. The fraction of sp³-hybridized carbons (Fsp3) is 0.400. The molecule has 7 heteroatoms. The summed E-state index contributed by atoms with van der Waals surface area (Å²) in [5.41, 5.74) is 1.72. The second kappa shape index (κ2) is 8.46. The van der Waals surface area contributed by atoms with Crippen LogP contribution in [0.15, 0.2) is 35.1 Å². The molecule has 0 aliphatic carbocycles. The molecule has 0 spiro atoms. The van der Waals surface area contributed by atoms with Gasteiger partial charge in [0.15, 0.2) is 0 Å². The van der Waals surface area contributed by atoms with E-state index in [4.69, 9.17) is 28.3 Å². The molecular formula is C20H22Cl2N2O3. The van der Waals surface area contributed by atoms with Gasteiger partial charge in [0, 0.05) is 19.1 Å². The van der Waals surface area contributed by atoms with Gasteiger partial charge in [-0.15, -0.1) is 0 Å². The Morgan fingerprint density at radius 2 is 1.93 bits per heavy atom. The number of pyridine rings is 1. The smallest absolute Gasteiger partial charge is 0.335 e. The number of carboxylic acid groups (broad SMARTS) is 1. The van der Waals surface area contributed by atoms with Crippen molar-refractivity contribution in [2.45, 2.75) is 45.3 Å². The maximum Gasteiger partial charge on any atom is 0.335 e. The molecule has 1 fully saturated rings. The van der Waals surface area contributed by atoms with E-state index in [-0.39, 0.29) is 16.1 Å². The molecule has 1 aliphatic heterocycles. The highest BCUT2D eigenvalue weighted by atomic mass is 35.5. The summed E-state index contributed by atoms with van der Waals surface area (Å²) in [6, 6.07) is 8.66. The number of hydrogen-bond acceptors (Lipinski definition) is 3.